The molecule has 0 spiro atoms. The standard InChI is InChI=1S/C23H20Cl2F2N2O3/c24-18-2-1-3-20(27)17(18)13-28-8-10-29(11-9-28)23(30)22-7-5-16(32-22)14-31-21-6-4-15(26)12-19(21)25/h1-7,12H,8-11,13-14H2. The number of ether oxygens (including phenoxy) is 1. The molecule has 3 aromatic rings. The largest absolute Gasteiger partial charge is 0.484 e. The van der Waals surface area contributed by atoms with E-state index in [4.69, 9.17) is 32.4 Å². The van der Waals surface area contributed by atoms with Crippen LogP contribution in [0.5, 0.6) is 5.75 Å². The van der Waals surface area contributed by atoms with Gasteiger partial charge in [-0.2, -0.15) is 0 Å². The summed E-state index contributed by atoms with van der Waals surface area (Å²) in [5, 5.41) is 0.554. The fourth-order valence-electron chi connectivity index (χ4n) is 3.48. The Kier molecular flexibility index (Phi) is 6.98. The number of rotatable bonds is 6. The minimum absolute atomic E-state index is 0.0514. The number of benzene rings is 2. The van der Waals surface area contributed by atoms with Gasteiger partial charge >= 0.3 is 0 Å². The normalized spacial score (nSPS) is 14.6. The van der Waals surface area contributed by atoms with E-state index >= 15 is 0 Å². The number of furan rings is 1. The van der Waals surface area contributed by atoms with Crippen LogP contribution in [0, 0.1) is 11.6 Å². The fourth-order valence-corrected chi connectivity index (χ4v) is 3.93. The molecule has 0 saturated carbocycles. The minimum Gasteiger partial charge on any atom is -0.484 e. The van der Waals surface area contributed by atoms with E-state index in [0.717, 1.165) is 6.07 Å². The van der Waals surface area contributed by atoms with Gasteiger partial charge in [-0.25, -0.2) is 8.78 Å². The topological polar surface area (TPSA) is 45.9 Å². The van der Waals surface area contributed by atoms with Crippen molar-refractivity contribution in [2.75, 3.05) is 26.2 Å². The average molecular weight is 481 g/mol. The molecule has 5 nitrogen and oxygen atoms in total. The molecule has 0 N–H and O–H groups in total. The second-order valence-corrected chi connectivity index (χ2v) is 8.21. The predicted octanol–water partition coefficient (Wildman–Crippen LogP) is 5.40. The molecule has 0 aliphatic carbocycles. The first-order valence-corrected chi connectivity index (χ1v) is 10.8. The Bertz CT molecular complexity index is 1090. The maximum Gasteiger partial charge on any atom is 0.289 e. The third kappa shape index (κ3) is 5.23. The molecule has 1 fully saturated rings. The number of carbonyl (C=O) groups is 1. The van der Waals surface area contributed by atoms with Crippen molar-refractivity contribution in [3.63, 3.8) is 0 Å². The lowest BCUT2D eigenvalue weighted by molar-refractivity contribution is 0.0592. The zero-order chi connectivity index (χ0) is 22.7. The molecule has 0 unspecified atom stereocenters. The highest BCUT2D eigenvalue weighted by atomic mass is 35.5. The molecule has 2 aromatic carbocycles. The molecule has 2 heterocycles. The van der Waals surface area contributed by atoms with E-state index in [1.165, 1.54) is 18.2 Å². The summed E-state index contributed by atoms with van der Waals surface area (Å²) in [6.07, 6.45) is 0. The van der Waals surface area contributed by atoms with Crippen LogP contribution in [-0.2, 0) is 13.2 Å². The number of amides is 1. The van der Waals surface area contributed by atoms with Gasteiger partial charge in [0.2, 0.25) is 0 Å². The van der Waals surface area contributed by atoms with E-state index in [9.17, 15) is 13.6 Å². The predicted molar refractivity (Wildman–Crippen MR) is 117 cm³/mol. The van der Waals surface area contributed by atoms with Gasteiger partial charge in [0.1, 0.15) is 29.8 Å². The number of piperazine rings is 1. The highest BCUT2D eigenvalue weighted by Gasteiger charge is 2.25. The summed E-state index contributed by atoms with van der Waals surface area (Å²) in [5.74, 6) is -0.0300. The van der Waals surface area contributed by atoms with Gasteiger partial charge in [0.15, 0.2) is 5.76 Å². The molecule has 1 aliphatic heterocycles. The number of carbonyl (C=O) groups excluding carboxylic acids is 1. The summed E-state index contributed by atoms with van der Waals surface area (Å²) in [5.41, 5.74) is 0.464. The maximum atomic E-state index is 14.0. The van der Waals surface area contributed by atoms with Crippen LogP contribution >= 0.6 is 23.2 Å². The Morgan fingerprint density at radius 2 is 1.78 bits per heavy atom. The summed E-state index contributed by atoms with van der Waals surface area (Å²) < 4.78 is 38.3. The molecule has 32 heavy (non-hydrogen) atoms. The van der Waals surface area contributed by atoms with Gasteiger partial charge in [0, 0.05) is 43.3 Å². The van der Waals surface area contributed by atoms with Crippen molar-refractivity contribution in [1.29, 1.82) is 0 Å². The first-order chi connectivity index (χ1) is 15.4. The van der Waals surface area contributed by atoms with Crippen LogP contribution in [0.4, 0.5) is 8.78 Å². The minimum atomic E-state index is -0.453. The van der Waals surface area contributed by atoms with Crippen molar-refractivity contribution < 1.29 is 22.7 Å². The van der Waals surface area contributed by atoms with E-state index in [1.807, 2.05) is 0 Å². The summed E-state index contributed by atoms with van der Waals surface area (Å²) >= 11 is 12.1. The summed E-state index contributed by atoms with van der Waals surface area (Å²) in [6, 6.07) is 11.7. The van der Waals surface area contributed by atoms with E-state index < -0.39 is 5.82 Å². The SMILES string of the molecule is O=C(c1ccc(COc2ccc(F)cc2Cl)o1)N1CCN(Cc2c(F)cccc2Cl)CC1. The Morgan fingerprint density at radius 1 is 1.00 bits per heavy atom. The number of nitrogens with zero attached hydrogens (tertiary/aromatic N) is 2. The van der Waals surface area contributed by atoms with Crippen molar-refractivity contribution in [2.45, 2.75) is 13.2 Å². The van der Waals surface area contributed by atoms with Crippen LogP contribution in [0.3, 0.4) is 0 Å². The monoisotopic (exact) mass is 480 g/mol. The molecule has 4 rings (SSSR count). The third-order valence-corrected chi connectivity index (χ3v) is 5.89. The van der Waals surface area contributed by atoms with Gasteiger partial charge in [0.25, 0.3) is 5.91 Å². The lowest BCUT2D eigenvalue weighted by Gasteiger charge is -2.34. The molecule has 1 aliphatic rings. The fraction of sp³-hybridized carbons (Fsp3) is 0.261. The van der Waals surface area contributed by atoms with Crippen molar-refractivity contribution >= 4 is 29.1 Å². The molecular formula is C23H20Cl2F2N2O3. The highest BCUT2D eigenvalue weighted by Crippen LogP contribution is 2.26. The van der Waals surface area contributed by atoms with Crippen LogP contribution < -0.4 is 4.74 Å². The van der Waals surface area contributed by atoms with Crippen molar-refractivity contribution in [2.24, 2.45) is 0 Å². The Balaban J connectivity index is 1.30. The summed E-state index contributed by atoms with van der Waals surface area (Å²) in [6.45, 7) is 2.61. The van der Waals surface area contributed by atoms with Gasteiger partial charge < -0.3 is 14.1 Å². The van der Waals surface area contributed by atoms with Crippen LogP contribution in [0.25, 0.3) is 0 Å². The van der Waals surface area contributed by atoms with E-state index in [0.29, 0.717) is 54.8 Å². The van der Waals surface area contributed by atoms with Crippen LogP contribution in [0.2, 0.25) is 10.0 Å². The Hall–Kier alpha value is -2.61. The molecule has 168 valence electrons. The molecule has 9 heteroatoms. The molecule has 1 amide bonds. The highest BCUT2D eigenvalue weighted by molar-refractivity contribution is 6.32. The molecule has 0 atom stereocenters. The number of hydrogen-bond donors (Lipinski definition) is 0. The zero-order valence-electron chi connectivity index (χ0n) is 17.0. The molecule has 0 bridgehead atoms. The van der Waals surface area contributed by atoms with Crippen molar-refractivity contribution in [1.82, 2.24) is 9.80 Å². The van der Waals surface area contributed by atoms with Crippen LogP contribution in [0.15, 0.2) is 52.9 Å². The van der Waals surface area contributed by atoms with E-state index in [-0.39, 0.29) is 29.1 Å². The van der Waals surface area contributed by atoms with Gasteiger partial charge in [-0.1, -0.05) is 29.3 Å². The van der Waals surface area contributed by atoms with Gasteiger partial charge in [-0.3, -0.25) is 9.69 Å². The Labute approximate surface area is 194 Å². The van der Waals surface area contributed by atoms with Gasteiger partial charge in [-0.15, -0.1) is 0 Å². The van der Waals surface area contributed by atoms with Crippen molar-refractivity contribution in [3.8, 4) is 5.75 Å². The maximum absolute atomic E-state index is 14.0. The summed E-state index contributed by atoms with van der Waals surface area (Å²) in [4.78, 5) is 16.5. The van der Waals surface area contributed by atoms with Crippen LogP contribution in [-0.4, -0.2) is 41.9 Å². The zero-order valence-corrected chi connectivity index (χ0v) is 18.5. The molecule has 1 aromatic heterocycles. The summed E-state index contributed by atoms with van der Waals surface area (Å²) in [7, 11) is 0. The van der Waals surface area contributed by atoms with Gasteiger partial charge in [0.05, 0.1) is 5.02 Å². The first-order valence-electron chi connectivity index (χ1n) is 10.0. The quantitative estimate of drug-likeness (QED) is 0.473. The number of hydrogen-bond acceptors (Lipinski definition) is 4. The number of halogens is 4. The lowest BCUT2D eigenvalue weighted by atomic mass is 10.2. The Morgan fingerprint density at radius 3 is 2.50 bits per heavy atom. The van der Waals surface area contributed by atoms with Crippen LogP contribution in [0.1, 0.15) is 21.9 Å². The van der Waals surface area contributed by atoms with E-state index in [2.05, 4.69) is 4.90 Å². The lowest BCUT2D eigenvalue weighted by Crippen LogP contribution is -2.48. The molecule has 1 saturated heterocycles. The van der Waals surface area contributed by atoms with E-state index in [1.54, 1.807) is 29.2 Å². The van der Waals surface area contributed by atoms with Crippen molar-refractivity contribution in [3.05, 3.63) is 87.3 Å². The second-order valence-electron chi connectivity index (χ2n) is 7.40. The third-order valence-electron chi connectivity index (χ3n) is 5.24. The smallest absolute Gasteiger partial charge is 0.289 e. The molecular weight excluding hydrogens is 461 g/mol. The first kappa shape index (κ1) is 22.6. The second kappa shape index (κ2) is 9.90. The molecule has 0 radical (unpaired) electrons. The average Bonchev–Trinajstić information content (AvgIpc) is 3.25. The van der Waals surface area contributed by atoms with Gasteiger partial charge in [-0.05, 0) is 42.5 Å².